The molecule has 0 unspecified atom stereocenters. The van der Waals surface area contributed by atoms with Gasteiger partial charge in [-0.1, -0.05) is 28.1 Å². The monoisotopic (exact) mass is 398 g/mol. The molecule has 3 rings (SSSR count). The number of ether oxygens (including phenoxy) is 2. The molecule has 0 aliphatic carbocycles. The van der Waals surface area contributed by atoms with Crippen molar-refractivity contribution in [2.24, 2.45) is 0 Å². The number of pyridine rings is 1. The van der Waals surface area contributed by atoms with Gasteiger partial charge < -0.3 is 14.8 Å². The third kappa shape index (κ3) is 4.36. The SMILES string of the molecule is COc1ccccc1NC(=O)c1ccc(Oc2ccc(Br)cc2)nc1. The van der Waals surface area contributed by atoms with Crippen LogP contribution >= 0.6 is 15.9 Å². The molecule has 3 aromatic rings. The fourth-order valence-electron chi connectivity index (χ4n) is 2.14. The van der Waals surface area contributed by atoms with E-state index in [-0.39, 0.29) is 5.91 Å². The summed E-state index contributed by atoms with van der Waals surface area (Å²) in [4.78, 5) is 16.5. The molecule has 6 heteroatoms. The van der Waals surface area contributed by atoms with Crippen LogP contribution in [-0.2, 0) is 0 Å². The second kappa shape index (κ2) is 7.81. The summed E-state index contributed by atoms with van der Waals surface area (Å²) in [5.74, 6) is 1.41. The molecule has 0 fully saturated rings. The Morgan fingerprint density at radius 1 is 1.04 bits per heavy atom. The highest BCUT2D eigenvalue weighted by Gasteiger charge is 2.10. The van der Waals surface area contributed by atoms with E-state index in [1.54, 1.807) is 31.4 Å². The van der Waals surface area contributed by atoms with Crippen molar-refractivity contribution in [1.29, 1.82) is 0 Å². The summed E-state index contributed by atoms with van der Waals surface area (Å²) < 4.78 is 11.8. The molecular weight excluding hydrogens is 384 g/mol. The summed E-state index contributed by atoms with van der Waals surface area (Å²) in [5.41, 5.74) is 1.03. The number of amides is 1. The van der Waals surface area contributed by atoms with Crippen molar-refractivity contribution in [2.75, 3.05) is 12.4 Å². The minimum Gasteiger partial charge on any atom is -0.495 e. The zero-order valence-electron chi connectivity index (χ0n) is 13.4. The van der Waals surface area contributed by atoms with E-state index in [0.29, 0.717) is 28.6 Å². The smallest absolute Gasteiger partial charge is 0.257 e. The molecular formula is C19H15BrN2O3. The molecule has 0 spiro atoms. The molecule has 0 aliphatic rings. The van der Waals surface area contributed by atoms with E-state index in [4.69, 9.17) is 9.47 Å². The Kier molecular flexibility index (Phi) is 5.30. The lowest BCUT2D eigenvalue weighted by Gasteiger charge is -2.10. The number of carbonyl (C=O) groups excluding carboxylic acids is 1. The summed E-state index contributed by atoms with van der Waals surface area (Å²) in [6, 6.07) is 17.9. The van der Waals surface area contributed by atoms with Gasteiger partial charge in [0.2, 0.25) is 5.88 Å². The van der Waals surface area contributed by atoms with Crippen molar-refractivity contribution in [3.8, 4) is 17.4 Å². The normalized spacial score (nSPS) is 10.2. The fourth-order valence-corrected chi connectivity index (χ4v) is 2.41. The number of hydrogen-bond acceptors (Lipinski definition) is 4. The van der Waals surface area contributed by atoms with Crippen LogP contribution in [0.15, 0.2) is 71.3 Å². The van der Waals surface area contributed by atoms with Crippen LogP contribution in [0.3, 0.4) is 0 Å². The zero-order valence-corrected chi connectivity index (χ0v) is 15.0. The van der Waals surface area contributed by atoms with Gasteiger partial charge in [0.25, 0.3) is 5.91 Å². The predicted molar refractivity (Wildman–Crippen MR) is 99.4 cm³/mol. The van der Waals surface area contributed by atoms with E-state index in [2.05, 4.69) is 26.2 Å². The lowest BCUT2D eigenvalue weighted by Crippen LogP contribution is -2.12. The van der Waals surface area contributed by atoms with Gasteiger partial charge in [-0.15, -0.1) is 0 Å². The van der Waals surface area contributed by atoms with Gasteiger partial charge in [0.05, 0.1) is 18.4 Å². The van der Waals surface area contributed by atoms with Gasteiger partial charge in [-0.25, -0.2) is 4.98 Å². The van der Waals surface area contributed by atoms with Crippen LogP contribution < -0.4 is 14.8 Å². The first-order valence-electron chi connectivity index (χ1n) is 7.49. The number of para-hydroxylation sites is 2. The largest absolute Gasteiger partial charge is 0.495 e. The highest BCUT2D eigenvalue weighted by Crippen LogP contribution is 2.24. The minimum absolute atomic E-state index is 0.271. The number of carbonyl (C=O) groups is 1. The number of anilines is 1. The lowest BCUT2D eigenvalue weighted by molar-refractivity contribution is 0.102. The molecule has 0 bridgehead atoms. The van der Waals surface area contributed by atoms with E-state index < -0.39 is 0 Å². The third-order valence-electron chi connectivity index (χ3n) is 3.39. The summed E-state index contributed by atoms with van der Waals surface area (Å²) in [5, 5.41) is 2.80. The van der Waals surface area contributed by atoms with Crippen LogP contribution in [0.2, 0.25) is 0 Å². The Morgan fingerprint density at radius 3 is 2.48 bits per heavy atom. The number of nitrogens with zero attached hydrogens (tertiary/aromatic N) is 1. The molecule has 0 radical (unpaired) electrons. The lowest BCUT2D eigenvalue weighted by atomic mass is 10.2. The van der Waals surface area contributed by atoms with Crippen LogP contribution in [0.25, 0.3) is 0 Å². The van der Waals surface area contributed by atoms with Crippen molar-refractivity contribution >= 4 is 27.5 Å². The third-order valence-corrected chi connectivity index (χ3v) is 3.92. The molecule has 1 amide bonds. The van der Waals surface area contributed by atoms with E-state index in [1.165, 1.54) is 6.20 Å². The van der Waals surface area contributed by atoms with Crippen molar-refractivity contribution in [1.82, 2.24) is 4.98 Å². The fraction of sp³-hybridized carbons (Fsp3) is 0.0526. The standard InChI is InChI=1S/C19H15BrN2O3/c1-24-17-5-3-2-4-16(17)22-19(23)13-6-11-18(21-12-13)25-15-9-7-14(20)8-10-15/h2-12H,1H3,(H,22,23). The van der Waals surface area contributed by atoms with Gasteiger partial charge in [0.1, 0.15) is 11.5 Å². The zero-order chi connectivity index (χ0) is 17.6. The Balaban J connectivity index is 1.69. The van der Waals surface area contributed by atoms with Crippen LogP contribution in [0.1, 0.15) is 10.4 Å². The average molecular weight is 399 g/mol. The summed E-state index contributed by atoms with van der Waals surface area (Å²) in [6.07, 6.45) is 1.47. The first-order chi connectivity index (χ1) is 12.2. The minimum atomic E-state index is -0.271. The Hall–Kier alpha value is -2.86. The number of rotatable bonds is 5. The Bertz CT molecular complexity index is 865. The maximum absolute atomic E-state index is 12.3. The van der Waals surface area contributed by atoms with Gasteiger partial charge in [-0.2, -0.15) is 0 Å². The number of methoxy groups -OCH3 is 1. The number of nitrogens with one attached hydrogen (secondary N) is 1. The van der Waals surface area contributed by atoms with E-state index in [9.17, 15) is 4.79 Å². The van der Waals surface area contributed by atoms with Gasteiger partial charge in [0.15, 0.2) is 0 Å². The molecule has 2 aromatic carbocycles. The van der Waals surface area contributed by atoms with Crippen LogP contribution in [-0.4, -0.2) is 18.0 Å². The van der Waals surface area contributed by atoms with Gasteiger partial charge in [0, 0.05) is 16.7 Å². The summed E-state index contributed by atoms with van der Waals surface area (Å²) in [6.45, 7) is 0. The first kappa shape index (κ1) is 17.0. The van der Waals surface area contributed by atoms with Crippen LogP contribution in [0.5, 0.6) is 17.4 Å². The molecule has 5 nitrogen and oxygen atoms in total. The molecule has 126 valence electrons. The van der Waals surface area contributed by atoms with Crippen LogP contribution in [0.4, 0.5) is 5.69 Å². The Morgan fingerprint density at radius 2 is 1.80 bits per heavy atom. The second-order valence-electron chi connectivity index (χ2n) is 5.10. The molecule has 1 N–H and O–H groups in total. The first-order valence-corrected chi connectivity index (χ1v) is 8.29. The van der Waals surface area contributed by atoms with Crippen LogP contribution in [0, 0.1) is 0 Å². The molecule has 0 atom stereocenters. The molecule has 0 saturated carbocycles. The molecule has 0 aliphatic heterocycles. The van der Waals surface area contributed by atoms with Gasteiger partial charge in [-0.3, -0.25) is 4.79 Å². The quantitative estimate of drug-likeness (QED) is 0.663. The summed E-state index contributed by atoms with van der Waals surface area (Å²) >= 11 is 3.37. The molecule has 0 saturated heterocycles. The highest BCUT2D eigenvalue weighted by atomic mass is 79.9. The number of hydrogen-bond donors (Lipinski definition) is 1. The molecule has 1 heterocycles. The second-order valence-corrected chi connectivity index (χ2v) is 6.01. The van der Waals surface area contributed by atoms with Gasteiger partial charge >= 0.3 is 0 Å². The van der Waals surface area contributed by atoms with E-state index in [1.807, 2.05) is 36.4 Å². The number of benzene rings is 2. The molecule has 1 aromatic heterocycles. The van der Waals surface area contributed by atoms with Gasteiger partial charge in [-0.05, 0) is 42.5 Å². The summed E-state index contributed by atoms with van der Waals surface area (Å²) in [7, 11) is 1.56. The highest BCUT2D eigenvalue weighted by molar-refractivity contribution is 9.10. The van der Waals surface area contributed by atoms with Crippen molar-refractivity contribution in [2.45, 2.75) is 0 Å². The number of halogens is 1. The average Bonchev–Trinajstić information content (AvgIpc) is 2.64. The van der Waals surface area contributed by atoms with Crippen molar-refractivity contribution < 1.29 is 14.3 Å². The maximum atomic E-state index is 12.3. The molecule has 25 heavy (non-hydrogen) atoms. The Labute approximate surface area is 153 Å². The number of aromatic nitrogens is 1. The van der Waals surface area contributed by atoms with Crippen molar-refractivity contribution in [3.63, 3.8) is 0 Å². The topological polar surface area (TPSA) is 60.5 Å². The predicted octanol–water partition coefficient (Wildman–Crippen LogP) is 4.90. The van der Waals surface area contributed by atoms with E-state index in [0.717, 1.165) is 4.47 Å². The maximum Gasteiger partial charge on any atom is 0.257 e. The van der Waals surface area contributed by atoms with E-state index >= 15 is 0 Å². The van der Waals surface area contributed by atoms with Crippen molar-refractivity contribution in [3.05, 3.63) is 76.9 Å².